The zero-order valence-electron chi connectivity index (χ0n) is 20.0. The van der Waals surface area contributed by atoms with E-state index in [-0.39, 0.29) is 47.4 Å². The molecule has 6 nitrogen and oxygen atoms in total. The van der Waals surface area contributed by atoms with Crippen molar-refractivity contribution < 1.29 is 23.3 Å². The third-order valence-electron chi connectivity index (χ3n) is 7.44. The van der Waals surface area contributed by atoms with E-state index in [1.165, 1.54) is 6.92 Å². The second-order valence-electron chi connectivity index (χ2n) is 9.94. The minimum Gasteiger partial charge on any atom is -0.598 e. The van der Waals surface area contributed by atoms with E-state index in [9.17, 15) is 14.1 Å². The number of fused-ring (bicyclic) bond motifs is 2. The highest BCUT2D eigenvalue weighted by atomic mass is 32.2. The number of carbonyl (C=O) groups is 2. The summed E-state index contributed by atoms with van der Waals surface area (Å²) in [6, 6.07) is 14.2. The first-order valence-corrected chi connectivity index (χ1v) is 13.5. The van der Waals surface area contributed by atoms with E-state index in [0.29, 0.717) is 11.1 Å². The van der Waals surface area contributed by atoms with Crippen molar-refractivity contribution in [3.63, 3.8) is 0 Å². The van der Waals surface area contributed by atoms with Gasteiger partial charge in [-0.25, -0.2) is 4.39 Å². The summed E-state index contributed by atoms with van der Waals surface area (Å²) in [6.45, 7) is 2.86. The lowest BCUT2D eigenvalue weighted by Crippen LogP contribution is -2.71. The van der Waals surface area contributed by atoms with Crippen LogP contribution in [0.4, 0.5) is 4.39 Å². The van der Waals surface area contributed by atoms with Gasteiger partial charge in [0.1, 0.15) is 11.1 Å². The maximum absolute atomic E-state index is 15.8. The van der Waals surface area contributed by atoms with Gasteiger partial charge < -0.3 is 14.2 Å². The zero-order valence-corrected chi connectivity index (χ0v) is 20.8. The van der Waals surface area contributed by atoms with Crippen LogP contribution < -0.4 is 4.72 Å². The molecule has 4 atom stereocenters. The number of amides is 1. The van der Waals surface area contributed by atoms with Crippen LogP contribution >= 0.6 is 0 Å². The van der Waals surface area contributed by atoms with Gasteiger partial charge in [0, 0.05) is 42.7 Å². The summed E-state index contributed by atoms with van der Waals surface area (Å²) >= 11 is -1.19. The van der Waals surface area contributed by atoms with E-state index < -0.39 is 23.4 Å². The molecule has 4 aliphatic rings. The predicted octanol–water partition coefficient (Wildman–Crippen LogP) is 3.76. The number of ether oxygens (including phenoxy) is 1. The van der Waals surface area contributed by atoms with Gasteiger partial charge in [0.05, 0.1) is 12.1 Å². The Morgan fingerprint density at radius 3 is 2.54 bits per heavy atom. The maximum Gasteiger partial charge on any atom is 0.303 e. The standard InChI is InChI=1S/C27H31FN2O4S/c1-16(34-17(2)31)27(32)30-21-13-20(14-21)26(29-35(33)22-11-12-22)24(30)15-19-9-6-10-23(25(19)28)18-7-4-3-5-8-18/h3-10,16,20-22,24,26,29H,11-15H2,1-2H3/t16-,20?,21?,24+,26+,35?/m1/s1. The van der Waals surface area contributed by atoms with E-state index >= 15 is 4.39 Å². The lowest BCUT2D eigenvalue weighted by atomic mass is 9.66. The molecular formula is C27H31FN2O4S. The fourth-order valence-corrected chi connectivity index (χ4v) is 6.85. The molecule has 0 radical (unpaired) electrons. The van der Waals surface area contributed by atoms with Crippen LogP contribution in [0.1, 0.15) is 45.1 Å². The van der Waals surface area contributed by atoms with Crippen molar-refractivity contribution in [3.8, 4) is 11.1 Å². The van der Waals surface area contributed by atoms with Crippen molar-refractivity contribution in [2.45, 2.75) is 75.4 Å². The molecule has 4 fully saturated rings. The maximum atomic E-state index is 15.8. The number of benzene rings is 2. The summed E-state index contributed by atoms with van der Waals surface area (Å²) < 4.78 is 37.1. The smallest absolute Gasteiger partial charge is 0.303 e. The topological polar surface area (TPSA) is 81.7 Å². The van der Waals surface area contributed by atoms with Crippen molar-refractivity contribution in [1.29, 1.82) is 0 Å². The second-order valence-corrected chi connectivity index (χ2v) is 11.4. The summed E-state index contributed by atoms with van der Waals surface area (Å²) in [5, 5.41) is 0.149. The Bertz CT molecular complexity index is 1090. The first-order chi connectivity index (χ1) is 16.8. The largest absolute Gasteiger partial charge is 0.598 e. The molecule has 2 aromatic carbocycles. The van der Waals surface area contributed by atoms with Gasteiger partial charge in [0.25, 0.3) is 5.91 Å². The molecule has 2 aliphatic heterocycles. The molecule has 2 saturated carbocycles. The molecule has 0 aromatic heterocycles. The van der Waals surface area contributed by atoms with Crippen molar-refractivity contribution >= 4 is 23.2 Å². The van der Waals surface area contributed by atoms with Crippen LogP contribution in [0.3, 0.4) is 0 Å². The minimum atomic E-state index is -1.19. The molecule has 6 rings (SSSR count). The van der Waals surface area contributed by atoms with Crippen molar-refractivity contribution in [2.24, 2.45) is 5.92 Å². The highest BCUT2D eigenvalue weighted by Crippen LogP contribution is 2.45. The lowest BCUT2D eigenvalue weighted by molar-refractivity contribution is -0.168. The predicted molar refractivity (Wildman–Crippen MR) is 132 cm³/mol. The van der Waals surface area contributed by atoms with Crippen LogP contribution in [-0.4, -0.2) is 50.8 Å². The number of hydrogen-bond acceptors (Lipinski definition) is 5. The Kier molecular flexibility index (Phi) is 6.88. The molecule has 2 bridgehead atoms. The fraction of sp³-hybridized carbons (Fsp3) is 0.481. The Hall–Kier alpha value is -2.42. The van der Waals surface area contributed by atoms with E-state index in [2.05, 4.69) is 4.72 Å². The normalized spacial score (nSPS) is 27.0. The van der Waals surface area contributed by atoms with Crippen molar-refractivity contribution in [3.05, 3.63) is 59.9 Å². The highest BCUT2D eigenvalue weighted by Gasteiger charge is 2.55. The van der Waals surface area contributed by atoms with Crippen LogP contribution in [0, 0.1) is 11.7 Å². The van der Waals surface area contributed by atoms with Gasteiger partial charge in [-0.3, -0.25) is 9.59 Å². The SMILES string of the molecule is CC(=O)O[C@H](C)C(=O)N1C2CC(C2)[C@H](N[S+]([O-])C2CC2)[C@@H]1Cc1cccc(-c2ccccc2)c1F. The van der Waals surface area contributed by atoms with E-state index in [0.717, 1.165) is 31.2 Å². The molecule has 1 N–H and O–H groups in total. The van der Waals surface area contributed by atoms with Gasteiger partial charge in [-0.05, 0) is 43.2 Å². The summed E-state index contributed by atoms with van der Waals surface area (Å²) in [5.74, 6) is -0.824. The molecule has 0 spiro atoms. The van der Waals surface area contributed by atoms with E-state index in [1.54, 1.807) is 24.0 Å². The number of rotatable bonds is 8. The molecule has 2 saturated heterocycles. The van der Waals surface area contributed by atoms with E-state index in [1.807, 2.05) is 36.4 Å². The van der Waals surface area contributed by atoms with Crippen LogP contribution in [-0.2, 0) is 32.1 Å². The summed E-state index contributed by atoms with van der Waals surface area (Å²) in [6.07, 6.45) is 2.84. The number of carbonyl (C=O) groups excluding carboxylic acids is 2. The van der Waals surface area contributed by atoms with Gasteiger partial charge in [-0.15, -0.1) is 4.72 Å². The quantitative estimate of drug-likeness (QED) is 0.443. The fourth-order valence-electron chi connectivity index (χ4n) is 5.48. The Balaban J connectivity index is 1.47. The first-order valence-electron chi connectivity index (χ1n) is 12.3. The molecule has 2 aliphatic carbocycles. The number of hydrogen-bond donors (Lipinski definition) is 1. The van der Waals surface area contributed by atoms with Gasteiger partial charge in [0.2, 0.25) is 0 Å². The summed E-state index contributed by atoms with van der Waals surface area (Å²) in [4.78, 5) is 26.8. The molecule has 35 heavy (non-hydrogen) atoms. The Morgan fingerprint density at radius 1 is 1.17 bits per heavy atom. The van der Waals surface area contributed by atoms with Crippen molar-refractivity contribution in [2.75, 3.05) is 0 Å². The Labute approximate surface area is 208 Å². The number of nitrogens with one attached hydrogen (secondary N) is 1. The lowest BCUT2D eigenvalue weighted by Gasteiger charge is -2.58. The molecule has 2 heterocycles. The third kappa shape index (κ3) is 4.97. The van der Waals surface area contributed by atoms with Gasteiger partial charge in [-0.2, -0.15) is 0 Å². The monoisotopic (exact) mass is 498 g/mol. The molecule has 8 heteroatoms. The second kappa shape index (κ2) is 9.91. The number of nitrogens with zero attached hydrogens (tertiary/aromatic N) is 1. The average Bonchev–Trinajstić information content (AvgIpc) is 3.65. The molecule has 2 aromatic rings. The third-order valence-corrected chi connectivity index (χ3v) is 9.02. The number of halogens is 1. The molecule has 1 unspecified atom stereocenters. The van der Waals surface area contributed by atoms with Crippen LogP contribution in [0.5, 0.6) is 0 Å². The van der Waals surface area contributed by atoms with E-state index in [4.69, 9.17) is 4.74 Å². The molecular weight excluding hydrogens is 467 g/mol. The van der Waals surface area contributed by atoms with Gasteiger partial charge in [-0.1, -0.05) is 48.5 Å². The molecule has 186 valence electrons. The molecule has 1 amide bonds. The van der Waals surface area contributed by atoms with Crippen LogP contribution in [0.25, 0.3) is 11.1 Å². The Morgan fingerprint density at radius 2 is 1.89 bits per heavy atom. The number of esters is 1. The average molecular weight is 499 g/mol. The zero-order chi connectivity index (χ0) is 24.7. The highest BCUT2D eigenvalue weighted by molar-refractivity contribution is 7.90. The van der Waals surface area contributed by atoms with Gasteiger partial charge >= 0.3 is 5.97 Å². The minimum absolute atomic E-state index is 0.0169. The summed E-state index contributed by atoms with van der Waals surface area (Å²) in [7, 11) is 0. The van der Waals surface area contributed by atoms with Crippen LogP contribution in [0.2, 0.25) is 0 Å². The van der Waals surface area contributed by atoms with Crippen LogP contribution in [0.15, 0.2) is 48.5 Å². The summed E-state index contributed by atoms with van der Waals surface area (Å²) in [5.41, 5.74) is 1.82. The number of piperidine rings is 2. The first kappa shape index (κ1) is 24.3. The van der Waals surface area contributed by atoms with Crippen molar-refractivity contribution in [1.82, 2.24) is 9.62 Å². The van der Waals surface area contributed by atoms with Gasteiger partial charge in [0.15, 0.2) is 6.10 Å².